The van der Waals surface area contributed by atoms with Crippen molar-refractivity contribution in [1.29, 1.82) is 0 Å². The van der Waals surface area contributed by atoms with E-state index in [1.54, 1.807) is 20.4 Å². The van der Waals surface area contributed by atoms with E-state index in [2.05, 4.69) is 15.0 Å². The molecule has 2 heterocycles. The first-order chi connectivity index (χ1) is 8.24. The molecule has 1 aliphatic rings. The monoisotopic (exact) mass is 231 g/mol. The molecule has 5 nitrogen and oxygen atoms in total. The van der Waals surface area contributed by atoms with Crippen LogP contribution in [-0.2, 0) is 16.2 Å². The van der Waals surface area contributed by atoms with Crippen LogP contribution in [0.5, 0.6) is 0 Å². The summed E-state index contributed by atoms with van der Waals surface area (Å²) < 4.78 is 5.14. The van der Waals surface area contributed by atoms with Crippen LogP contribution in [0.3, 0.4) is 0 Å². The van der Waals surface area contributed by atoms with E-state index in [0.29, 0.717) is 12.1 Å². The molecule has 88 valence electrons. The van der Waals surface area contributed by atoms with Gasteiger partial charge in [0.05, 0.1) is 25.4 Å². The lowest BCUT2D eigenvalue weighted by Gasteiger charge is -2.34. The van der Waals surface area contributed by atoms with Crippen LogP contribution in [0.4, 0.5) is 5.82 Å². The molecule has 1 aliphatic heterocycles. The number of hydrogen-bond donors (Lipinski definition) is 0. The number of methoxy groups -OCH3 is 1. The molecule has 0 aliphatic carbocycles. The second-order valence-electron chi connectivity index (χ2n) is 3.88. The van der Waals surface area contributed by atoms with E-state index in [1.165, 1.54) is 0 Å². The molecule has 1 saturated heterocycles. The van der Waals surface area contributed by atoms with Gasteiger partial charge in [0.25, 0.3) is 0 Å². The molecule has 1 aromatic heterocycles. The minimum absolute atomic E-state index is 0.501. The van der Waals surface area contributed by atoms with Gasteiger partial charge in [0.15, 0.2) is 0 Å². The molecule has 1 fully saturated rings. The number of pyridine rings is 1. The molecular formula is C11H14BN3O2. The summed E-state index contributed by atoms with van der Waals surface area (Å²) >= 11 is 0. The van der Waals surface area contributed by atoms with E-state index in [9.17, 15) is 0 Å². The number of ether oxygens (including phenoxy) is 1. The Balaban J connectivity index is 2.13. The molecule has 0 bridgehead atoms. The van der Waals surface area contributed by atoms with E-state index in [-0.39, 0.29) is 0 Å². The van der Waals surface area contributed by atoms with Crippen LogP contribution in [0.2, 0.25) is 0 Å². The average molecular weight is 231 g/mol. The van der Waals surface area contributed by atoms with Gasteiger partial charge in [-0.3, -0.25) is 0 Å². The Morgan fingerprint density at radius 3 is 2.88 bits per heavy atom. The van der Waals surface area contributed by atoms with Crippen molar-refractivity contribution in [2.24, 2.45) is 5.16 Å². The van der Waals surface area contributed by atoms with Gasteiger partial charge in [-0.1, -0.05) is 16.7 Å². The van der Waals surface area contributed by atoms with Crippen LogP contribution >= 0.6 is 0 Å². The van der Waals surface area contributed by atoms with E-state index >= 15 is 0 Å². The third kappa shape index (κ3) is 2.58. The van der Waals surface area contributed by atoms with Gasteiger partial charge in [0.2, 0.25) is 0 Å². The molecule has 0 aromatic carbocycles. The standard InChI is InChI=1S/C11H14BN3O2/c1-16-7-8-3-9(12)4-13-11(8)15-5-10(6-15)14-17-2/h3-4H,5-7H2,1-2H3. The lowest BCUT2D eigenvalue weighted by Crippen LogP contribution is -2.48. The predicted molar refractivity (Wildman–Crippen MR) is 67.0 cm³/mol. The zero-order valence-electron chi connectivity index (χ0n) is 10.0. The molecule has 0 atom stereocenters. The van der Waals surface area contributed by atoms with Crippen molar-refractivity contribution < 1.29 is 9.57 Å². The molecule has 0 saturated carbocycles. The zero-order valence-corrected chi connectivity index (χ0v) is 10.0. The zero-order chi connectivity index (χ0) is 12.3. The fraction of sp³-hybridized carbons (Fsp3) is 0.455. The van der Waals surface area contributed by atoms with Crippen LogP contribution in [0, 0.1) is 0 Å². The Kier molecular flexibility index (Phi) is 3.63. The van der Waals surface area contributed by atoms with Crippen LogP contribution < -0.4 is 10.4 Å². The highest BCUT2D eigenvalue weighted by Crippen LogP contribution is 2.21. The second-order valence-corrected chi connectivity index (χ2v) is 3.88. The third-order valence-electron chi connectivity index (χ3n) is 2.53. The van der Waals surface area contributed by atoms with Gasteiger partial charge >= 0.3 is 0 Å². The van der Waals surface area contributed by atoms with Crippen molar-refractivity contribution in [2.45, 2.75) is 6.61 Å². The summed E-state index contributed by atoms with van der Waals surface area (Å²) in [4.78, 5) is 11.2. The number of hydrogen-bond acceptors (Lipinski definition) is 5. The fourth-order valence-electron chi connectivity index (χ4n) is 1.80. The molecule has 6 heteroatoms. The maximum Gasteiger partial charge on any atom is 0.134 e. The molecule has 17 heavy (non-hydrogen) atoms. The topological polar surface area (TPSA) is 47.0 Å². The summed E-state index contributed by atoms with van der Waals surface area (Å²) in [7, 11) is 8.91. The lowest BCUT2D eigenvalue weighted by atomic mass is 9.96. The summed E-state index contributed by atoms with van der Waals surface area (Å²) in [5.41, 5.74) is 2.64. The van der Waals surface area contributed by atoms with E-state index in [1.807, 2.05) is 6.07 Å². The van der Waals surface area contributed by atoms with Crippen molar-refractivity contribution >= 4 is 24.8 Å². The number of oxime groups is 1. The van der Waals surface area contributed by atoms with Crippen molar-refractivity contribution in [3.63, 3.8) is 0 Å². The first-order valence-corrected chi connectivity index (χ1v) is 5.31. The number of rotatable bonds is 4. The van der Waals surface area contributed by atoms with Gasteiger partial charge in [-0.15, -0.1) is 0 Å². The summed E-state index contributed by atoms with van der Waals surface area (Å²) in [6.45, 7) is 1.98. The SMILES string of the molecule is [B]c1cnc(N2CC(=NOC)C2)c(COC)c1. The molecule has 2 radical (unpaired) electrons. The highest BCUT2D eigenvalue weighted by atomic mass is 16.6. The molecule has 1 aromatic rings. The van der Waals surface area contributed by atoms with Crippen LogP contribution in [0.25, 0.3) is 0 Å². The minimum atomic E-state index is 0.501. The van der Waals surface area contributed by atoms with Crippen molar-refractivity contribution in [3.8, 4) is 0 Å². The summed E-state index contributed by atoms with van der Waals surface area (Å²) in [6, 6.07) is 1.89. The van der Waals surface area contributed by atoms with Crippen molar-refractivity contribution in [2.75, 3.05) is 32.2 Å². The Labute approximate surface area is 102 Å². The van der Waals surface area contributed by atoms with Gasteiger partial charge in [-0.2, -0.15) is 0 Å². The summed E-state index contributed by atoms with van der Waals surface area (Å²) in [5, 5.41) is 3.89. The quantitative estimate of drug-likeness (QED) is 0.533. The number of nitrogens with zero attached hydrogens (tertiary/aromatic N) is 3. The molecule has 0 spiro atoms. The van der Waals surface area contributed by atoms with Gasteiger partial charge in [-0.25, -0.2) is 4.98 Å². The Hall–Kier alpha value is -1.56. The fourth-order valence-corrected chi connectivity index (χ4v) is 1.80. The first-order valence-electron chi connectivity index (χ1n) is 5.31. The average Bonchev–Trinajstić information content (AvgIpc) is 2.25. The smallest absolute Gasteiger partial charge is 0.134 e. The van der Waals surface area contributed by atoms with Gasteiger partial charge in [0.1, 0.15) is 20.8 Å². The number of aromatic nitrogens is 1. The molecule has 2 rings (SSSR count). The van der Waals surface area contributed by atoms with Gasteiger partial charge in [0, 0.05) is 18.9 Å². The predicted octanol–water partition coefficient (Wildman–Crippen LogP) is -0.156. The van der Waals surface area contributed by atoms with Gasteiger partial charge in [-0.05, 0) is 0 Å². The lowest BCUT2D eigenvalue weighted by molar-refractivity contribution is 0.185. The Morgan fingerprint density at radius 2 is 2.24 bits per heavy atom. The van der Waals surface area contributed by atoms with Crippen LogP contribution in [0.15, 0.2) is 17.4 Å². The number of anilines is 1. The van der Waals surface area contributed by atoms with Crippen LogP contribution in [0.1, 0.15) is 5.56 Å². The maximum absolute atomic E-state index is 5.71. The van der Waals surface area contributed by atoms with E-state index in [0.717, 1.165) is 30.2 Å². The second kappa shape index (κ2) is 5.18. The molecule has 0 N–H and O–H groups in total. The molecule has 0 amide bonds. The molecule has 0 unspecified atom stereocenters. The highest BCUT2D eigenvalue weighted by molar-refractivity contribution is 6.32. The first kappa shape index (κ1) is 11.9. The minimum Gasteiger partial charge on any atom is -0.399 e. The van der Waals surface area contributed by atoms with E-state index in [4.69, 9.17) is 17.4 Å². The highest BCUT2D eigenvalue weighted by Gasteiger charge is 2.25. The Bertz CT molecular complexity index is 429. The summed E-state index contributed by atoms with van der Waals surface area (Å²) in [5.74, 6) is 0.899. The maximum atomic E-state index is 5.71. The normalized spacial score (nSPS) is 14.5. The summed E-state index contributed by atoms with van der Waals surface area (Å²) in [6.07, 6.45) is 1.65. The van der Waals surface area contributed by atoms with Crippen molar-refractivity contribution in [3.05, 3.63) is 17.8 Å². The van der Waals surface area contributed by atoms with Crippen LogP contribution in [-0.4, -0.2) is 45.9 Å². The van der Waals surface area contributed by atoms with Gasteiger partial charge < -0.3 is 14.5 Å². The molecular weight excluding hydrogens is 217 g/mol. The largest absolute Gasteiger partial charge is 0.399 e. The Morgan fingerprint density at radius 1 is 1.47 bits per heavy atom. The third-order valence-corrected chi connectivity index (χ3v) is 2.53. The van der Waals surface area contributed by atoms with E-state index < -0.39 is 0 Å². The van der Waals surface area contributed by atoms with Crippen molar-refractivity contribution in [1.82, 2.24) is 4.98 Å².